The van der Waals surface area contributed by atoms with Crippen LogP contribution in [0, 0.1) is 5.92 Å². The Morgan fingerprint density at radius 3 is 2.44 bits per heavy atom. The number of ether oxygens (including phenoxy) is 2. The van der Waals surface area contributed by atoms with Crippen LogP contribution in [0.4, 0.5) is 4.79 Å². The van der Waals surface area contributed by atoms with E-state index in [1.54, 1.807) is 27.7 Å². The molecule has 1 aliphatic heterocycles. The third kappa shape index (κ3) is 3.02. The zero-order valence-electron chi connectivity index (χ0n) is 12.0. The van der Waals surface area contributed by atoms with Crippen molar-refractivity contribution in [3.8, 4) is 0 Å². The van der Waals surface area contributed by atoms with Crippen molar-refractivity contribution in [1.82, 2.24) is 4.90 Å². The number of rotatable bonds is 2. The van der Waals surface area contributed by atoms with Gasteiger partial charge in [-0.1, -0.05) is 13.8 Å². The maximum Gasteiger partial charge on any atom is 0.413 e. The fraction of sp³-hybridized carbons (Fsp3) is 0.846. The van der Waals surface area contributed by atoms with Gasteiger partial charge in [0.1, 0.15) is 23.7 Å². The molecule has 0 aromatic rings. The summed E-state index contributed by atoms with van der Waals surface area (Å²) in [5, 5.41) is 0. The molecular weight excluding hydrogens is 234 g/mol. The zero-order chi connectivity index (χ0) is 14.1. The van der Waals surface area contributed by atoms with Crippen LogP contribution in [0.3, 0.4) is 0 Å². The maximum atomic E-state index is 12.2. The summed E-state index contributed by atoms with van der Waals surface area (Å²) in [6, 6.07) is 0. The van der Waals surface area contributed by atoms with Gasteiger partial charge >= 0.3 is 6.09 Å². The van der Waals surface area contributed by atoms with Crippen LogP contribution in [0.5, 0.6) is 0 Å². The summed E-state index contributed by atoms with van der Waals surface area (Å²) in [5.74, 6) is 0.0966. The third-order valence-corrected chi connectivity index (χ3v) is 2.77. The van der Waals surface area contributed by atoms with Gasteiger partial charge in [0, 0.05) is 0 Å². The number of hydrogen-bond donors (Lipinski definition) is 0. The van der Waals surface area contributed by atoms with E-state index in [9.17, 15) is 9.59 Å². The predicted molar refractivity (Wildman–Crippen MR) is 67.1 cm³/mol. The van der Waals surface area contributed by atoms with Crippen LogP contribution in [-0.4, -0.2) is 41.3 Å². The molecule has 0 radical (unpaired) electrons. The minimum absolute atomic E-state index is 0.0966. The number of nitrogens with zero attached hydrogens (tertiary/aromatic N) is 1. The molecule has 2 unspecified atom stereocenters. The van der Waals surface area contributed by atoms with E-state index in [2.05, 4.69) is 0 Å². The minimum atomic E-state index is -0.947. The second-order valence-electron chi connectivity index (χ2n) is 6.27. The van der Waals surface area contributed by atoms with Gasteiger partial charge in [-0.15, -0.1) is 0 Å². The molecule has 0 aromatic heterocycles. The van der Waals surface area contributed by atoms with Crippen molar-refractivity contribution < 1.29 is 19.1 Å². The van der Waals surface area contributed by atoms with Gasteiger partial charge in [-0.25, -0.2) is 4.79 Å². The van der Waals surface area contributed by atoms with Gasteiger partial charge in [-0.2, -0.15) is 0 Å². The van der Waals surface area contributed by atoms with E-state index >= 15 is 0 Å². The van der Waals surface area contributed by atoms with Crippen LogP contribution in [0.1, 0.15) is 41.5 Å². The first-order valence-corrected chi connectivity index (χ1v) is 6.21. The molecule has 1 saturated heterocycles. The van der Waals surface area contributed by atoms with Gasteiger partial charge < -0.3 is 14.3 Å². The molecule has 0 aliphatic carbocycles. The molecule has 1 heterocycles. The lowest BCUT2D eigenvalue weighted by Crippen LogP contribution is -2.53. The Labute approximate surface area is 108 Å². The van der Waals surface area contributed by atoms with Crippen LogP contribution >= 0.6 is 0 Å². The fourth-order valence-electron chi connectivity index (χ4n) is 1.89. The standard InChI is InChI=1S/C13H23NO4/c1-9(2)10-14(11(16)18-12(3,4)5)13(6,7-15)8-17-10/h7,9-10H,8H2,1-6H3. The number of aldehydes is 1. The molecule has 0 aromatic carbocycles. The molecule has 1 fully saturated rings. The number of carbonyl (C=O) groups excluding carboxylic acids is 2. The van der Waals surface area contributed by atoms with Crippen LogP contribution < -0.4 is 0 Å². The van der Waals surface area contributed by atoms with Crippen LogP contribution in [0.2, 0.25) is 0 Å². The second kappa shape index (κ2) is 4.88. The lowest BCUT2D eigenvalue weighted by atomic mass is 10.0. The Hall–Kier alpha value is -1.10. The zero-order valence-corrected chi connectivity index (χ0v) is 12.0. The summed E-state index contributed by atoms with van der Waals surface area (Å²) in [6.07, 6.45) is -0.178. The lowest BCUT2D eigenvalue weighted by Gasteiger charge is -2.35. The van der Waals surface area contributed by atoms with E-state index in [-0.39, 0.29) is 12.5 Å². The molecule has 0 spiro atoms. The van der Waals surface area contributed by atoms with Crippen molar-refractivity contribution in [3.05, 3.63) is 0 Å². The molecular formula is C13H23NO4. The predicted octanol–water partition coefficient (Wildman–Crippen LogP) is 2.19. The van der Waals surface area contributed by atoms with Crippen LogP contribution in [0.25, 0.3) is 0 Å². The largest absolute Gasteiger partial charge is 0.444 e. The second-order valence-corrected chi connectivity index (χ2v) is 6.27. The van der Waals surface area contributed by atoms with E-state index in [4.69, 9.17) is 9.47 Å². The van der Waals surface area contributed by atoms with Crippen molar-refractivity contribution in [2.75, 3.05) is 6.61 Å². The van der Waals surface area contributed by atoms with Gasteiger partial charge in [0.05, 0.1) is 6.61 Å². The Kier molecular flexibility index (Phi) is 4.05. The van der Waals surface area contributed by atoms with E-state index in [1.807, 2.05) is 13.8 Å². The van der Waals surface area contributed by atoms with E-state index in [1.165, 1.54) is 4.90 Å². The quantitative estimate of drug-likeness (QED) is 0.712. The molecule has 0 saturated carbocycles. The average Bonchev–Trinajstić information content (AvgIpc) is 2.54. The van der Waals surface area contributed by atoms with Crippen molar-refractivity contribution in [2.45, 2.75) is 58.9 Å². The summed E-state index contributed by atoms with van der Waals surface area (Å²) in [5.41, 5.74) is -1.54. The van der Waals surface area contributed by atoms with Gasteiger partial charge in [0.2, 0.25) is 0 Å². The van der Waals surface area contributed by atoms with Crippen LogP contribution in [-0.2, 0) is 14.3 Å². The minimum Gasteiger partial charge on any atom is -0.444 e. The normalized spacial score (nSPS) is 28.6. The first kappa shape index (κ1) is 15.0. The first-order valence-electron chi connectivity index (χ1n) is 6.21. The van der Waals surface area contributed by atoms with E-state index in [0.29, 0.717) is 0 Å². The number of carbonyl (C=O) groups is 2. The average molecular weight is 257 g/mol. The SMILES string of the molecule is CC(C)C1OCC(C)(C=O)N1C(=O)OC(C)(C)C. The Morgan fingerprint density at radius 2 is 2.06 bits per heavy atom. The summed E-state index contributed by atoms with van der Waals surface area (Å²) in [6.45, 7) is 11.2. The Balaban J connectivity index is 2.97. The molecule has 1 aliphatic rings. The van der Waals surface area contributed by atoms with Crippen molar-refractivity contribution >= 4 is 12.4 Å². The van der Waals surface area contributed by atoms with Gasteiger partial charge in [-0.05, 0) is 33.6 Å². The molecule has 18 heavy (non-hydrogen) atoms. The summed E-state index contributed by atoms with van der Waals surface area (Å²) in [7, 11) is 0. The van der Waals surface area contributed by atoms with Crippen molar-refractivity contribution in [1.29, 1.82) is 0 Å². The topological polar surface area (TPSA) is 55.8 Å². The van der Waals surface area contributed by atoms with Crippen molar-refractivity contribution in [2.24, 2.45) is 5.92 Å². The summed E-state index contributed by atoms with van der Waals surface area (Å²) >= 11 is 0. The molecule has 5 heteroatoms. The monoisotopic (exact) mass is 257 g/mol. The number of hydrogen-bond acceptors (Lipinski definition) is 4. The summed E-state index contributed by atoms with van der Waals surface area (Å²) < 4.78 is 10.9. The lowest BCUT2D eigenvalue weighted by molar-refractivity contribution is -0.116. The highest BCUT2D eigenvalue weighted by molar-refractivity contribution is 5.77. The van der Waals surface area contributed by atoms with Gasteiger partial charge in [0.15, 0.2) is 0 Å². The summed E-state index contributed by atoms with van der Waals surface area (Å²) in [4.78, 5) is 24.9. The molecule has 5 nitrogen and oxygen atoms in total. The van der Waals surface area contributed by atoms with Crippen LogP contribution in [0.15, 0.2) is 0 Å². The first-order chi connectivity index (χ1) is 8.10. The smallest absolute Gasteiger partial charge is 0.413 e. The fourth-order valence-corrected chi connectivity index (χ4v) is 1.89. The Morgan fingerprint density at radius 1 is 1.50 bits per heavy atom. The van der Waals surface area contributed by atoms with E-state index < -0.39 is 23.5 Å². The third-order valence-electron chi connectivity index (χ3n) is 2.77. The maximum absolute atomic E-state index is 12.2. The van der Waals surface area contributed by atoms with Gasteiger partial charge in [-0.3, -0.25) is 4.90 Å². The molecule has 1 amide bonds. The molecule has 0 bridgehead atoms. The molecule has 0 N–H and O–H groups in total. The molecule has 2 atom stereocenters. The highest BCUT2D eigenvalue weighted by Gasteiger charge is 2.49. The molecule has 1 rings (SSSR count). The highest BCUT2D eigenvalue weighted by Crippen LogP contribution is 2.31. The Bertz CT molecular complexity index is 334. The number of amides is 1. The highest BCUT2D eigenvalue weighted by atomic mass is 16.6. The van der Waals surface area contributed by atoms with E-state index in [0.717, 1.165) is 6.29 Å². The van der Waals surface area contributed by atoms with Crippen molar-refractivity contribution in [3.63, 3.8) is 0 Å². The van der Waals surface area contributed by atoms with Gasteiger partial charge in [0.25, 0.3) is 0 Å². The molecule has 104 valence electrons.